The van der Waals surface area contributed by atoms with Crippen LogP contribution in [0.15, 0.2) is 47.0 Å². The lowest BCUT2D eigenvalue weighted by atomic mass is 10.2. The highest BCUT2D eigenvalue weighted by Crippen LogP contribution is 2.17. The summed E-state index contributed by atoms with van der Waals surface area (Å²) in [5.41, 5.74) is 1.07. The molecule has 0 atom stereocenters. The van der Waals surface area contributed by atoms with Crippen LogP contribution in [0.4, 0.5) is 6.01 Å². The maximum Gasteiger partial charge on any atom is 0.322 e. The molecule has 0 radical (unpaired) electrons. The standard InChI is InChI=1S/C13H11N5O2/c1-18-8-7-10(17-18)12-15-16-13(20-12)14-11(19)9-5-3-2-4-6-9/h2-8H,1H3,(H,14,16,19). The fourth-order valence-corrected chi connectivity index (χ4v) is 1.67. The Bertz CT molecular complexity index is 732. The molecule has 0 aliphatic heterocycles. The van der Waals surface area contributed by atoms with E-state index in [0.29, 0.717) is 11.3 Å². The van der Waals surface area contributed by atoms with Gasteiger partial charge in [-0.25, -0.2) is 0 Å². The van der Waals surface area contributed by atoms with E-state index in [0.717, 1.165) is 0 Å². The van der Waals surface area contributed by atoms with E-state index in [1.807, 2.05) is 6.07 Å². The van der Waals surface area contributed by atoms with Gasteiger partial charge in [-0.1, -0.05) is 23.3 Å². The molecule has 0 aliphatic carbocycles. The molecular weight excluding hydrogens is 258 g/mol. The number of carbonyl (C=O) groups is 1. The molecule has 0 saturated heterocycles. The topological polar surface area (TPSA) is 85.8 Å². The van der Waals surface area contributed by atoms with Gasteiger partial charge in [0.15, 0.2) is 0 Å². The Morgan fingerprint density at radius 2 is 2.00 bits per heavy atom. The van der Waals surface area contributed by atoms with E-state index in [4.69, 9.17) is 4.42 Å². The molecule has 7 nitrogen and oxygen atoms in total. The third-order valence-corrected chi connectivity index (χ3v) is 2.61. The molecule has 2 heterocycles. The molecule has 1 N–H and O–H groups in total. The summed E-state index contributed by atoms with van der Waals surface area (Å²) in [6, 6.07) is 10.6. The second-order valence-electron chi connectivity index (χ2n) is 4.11. The summed E-state index contributed by atoms with van der Waals surface area (Å²) in [7, 11) is 1.79. The summed E-state index contributed by atoms with van der Waals surface area (Å²) >= 11 is 0. The minimum atomic E-state index is -0.304. The molecule has 0 spiro atoms. The van der Waals surface area contributed by atoms with Crippen molar-refractivity contribution in [3.63, 3.8) is 0 Å². The predicted octanol–water partition coefficient (Wildman–Crippen LogP) is 1.72. The van der Waals surface area contributed by atoms with Gasteiger partial charge in [0.05, 0.1) is 0 Å². The number of hydrogen-bond acceptors (Lipinski definition) is 5. The SMILES string of the molecule is Cn1ccc(-c2nnc(NC(=O)c3ccccc3)o2)n1. The van der Waals surface area contributed by atoms with Crippen LogP contribution in [0.5, 0.6) is 0 Å². The number of amides is 1. The first-order valence-corrected chi connectivity index (χ1v) is 5.92. The van der Waals surface area contributed by atoms with E-state index in [2.05, 4.69) is 20.6 Å². The van der Waals surface area contributed by atoms with Crippen LogP contribution in [-0.4, -0.2) is 25.9 Å². The van der Waals surface area contributed by atoms with Crippen LogP contribution in [0.2, 0.25) is 0 Å². The maximum absolute atomic E-state index is 11.9. The molecule has 2 aromatic heterocycles. The van der Waals surface area contributed by atoms with Gasteiger partial charge >= 0.3 is 6.01 Å². The van der Waals surface area contributed by atoms with E-state index in [-0.39, 0.29) is 17.8 Å². The second kappa shape index (κ2) is 4.96. The van der Waals surface area contributed by atoms with Crippen molar-refractivity contribution in [1.29, 1.82) is 0 Å². The summed E-state index contributed by atoms with van der Waals surface area (Å²) in [5.74, 6) is -0.0456. The summed E-state index contributed by atoms with van der Waals surface area (Å²) in [4.78, 5) is 11.9. The quantitative estimate of drug-likeness (QED) is 0.782. The van der Waals surface area contributed by atoms with E-state index < -0.39 is 0 Å². The molecule has 20 heavy (non-hydrogen) atoms. The van der Waals surface area contributed by atoms with Crippen LogP contribution in [0.25, 0.3) is 11.6 Å². The maximum atomic E-state index is 11.9. The normalized spacial score (nSPS) is 10.4. The highest BCUT2D eigenvalue weighted by molar-refractivity contribution is 6.03. The monoisotopic (exact) mass is 269 g/mol. The van der Waals surface area contributed by atoms with Crippen molar-refractivity contribution in [2.45, 2.75) is 0 Å². The molecule has 0 fully saturated rings. The number of aromatic nitrogens is 4. The average molecular weight is 269 g/mol. The van der Waals surface area contributed by atoms with Crippen molar-refractivity contribution >= 4 is 11.9 Å². The van der Waals surface area contributed by atoms with Gasteiger partial charge in [0, 0.05) is 18.8 Å². The first-order valence-electron chi connectivity index (χ1n) is 5.92. The Balaban J connectivity index is 1.76. The molecule has 1 aromatic carbocycles. The van der Waals surface area contributed by atoms with Crippen molar-refractivity contribution in [3.05, 3.63) is 48.2 Å². The molecule has 3 rings (SSSR count). The van der Waals surface area contributed by atoms with Crippen LogP contribution >= 0.6 is 0 Å². The van der Waals surface area contributed by atoms with Crippen molar-refractivity contribution in [2.24, 2.45) is 7.05 Å². The summed E-state index contributed by atoms with van der Waals surface area (Å²) < 4.78 is 6.97. The average Bonchev–Trinajstić information content (AvgIpc) is 3.09. The number of carbonyl (C=O) groups excluding carboxylic acids is 1. The number of aryl methyl sites for hydroxylation is 1. The highest BCUT2D eigenvalue weighted by atomic mass is 16.4. The third-order valence-electron chi connectivity index (χ3n) is 2.61. The number of nitrogens with one attached hydrogen (secondary N) is 1. The molecule has 0 saturated carbocycles. The predicted molar refractivity (Wildman–Crippen MR) is 70.9 cm³/mol. The van der Waals surface area contributed by atoms with Gasteiger partial charge in [0.2, 0.25) is 0 Å². The van der Waals surface area contributed by atoms with Gasteiger partial charge in [-0.05, 0) is 18.2 Å². The Morgan fingerprint density at radius 3 is 2.70 bits per heavy atom. The summed E-state index contributed by atoms with van der Waals surface area (Å²) in [6.45, 7) is 0. The number of anilines is 1. The van der Waals surface area contributed by atoms with Crippen LogP contribution in [0, 0.1) is 0 Å². The summed E-state index contributed by atoms with van der Waals surface area (Å²) in [5, 5.41) is 14.3. The summed E-state index contributed by atoms with van der Waals surface area (Å²) in [6.07, 6.45) is 1.77. The second-order valence-corrected chi connectivity index (χ2v) is 4.11. The lowest BCUT2D eigenvalue weighted by Gasteiger charge is -1.98. The molecule has 7 heteroatoms. The Kier molecular flexibility index (Phi) is 3.00. The fraction of sp³-hybridized carbons (Fsp3) is 0.0769. The van der Waals surface area contributed by atoms with E-state index in [9.17, 15) is 4.79 Å². The van der Waals surface area contributed by atoms with Gasteiger partial charge in [-0.3, -0.25) is 14.8 Å². The zero-order valence-electron chi connectivity index (χ0n) is 10.6. The number of benzene rings is 1. The first kappa shape index (κ1) is 12.1. The molecule has 0 bridgehead atoms. The zero-order chi connectivity index (χ0) is 13.9. The van der Waals surface area contributed by atoms with Crippen LogP contribution in [0.3, 0.4) is 0 Å². The zero-order valence-corrected chi connectivity index (χ0v) is 10.6. The van der Waals surface area contributed by atoms with E-state index in [1.165, 1.54) is 0 Å². The number of rotatable bonds is 3. The number of nitrogens with zero attached hydrogens (tertiary/aromatic N) is 4. The third kappa shape index (κ3) is 2.41. The minimum absolute atomic E-state index is 0.0412. The molecule has 1 amide bonds. The Hall–Kier alpha value is -2.96. The van der Waals surface area contributed by atoms with Gasteiger partial charge in [0.25, 0.3) is 11.8 Å². The smallest absolute Gasteiger partial charge is 0.322 e. The van der Waals surface area contributed by atoms with Crippen molar-refractivity contribution in [1.82, 2.24) is 20.0 Å². The van der Waals surface area contributed by atoms with E-state index >= 15 is 0 Å². The van der Waals surface area contributed by atoms with Gasteiger partial charge < -0.3 is 4.42 Å². The van der Waals surface area contributed by atoms with Crippen molar-refractivity contribution < 1.29 is 9.21 Å². The van der Waals surface area contributed by atoms with Crippen LogP contribution in [-0.2, 0) is 7.05 Å². The molecular formula is C13H11N5O2. The molecule has 100 valence electrons. The molecule has 0 aliphatic rings. The Morgan fingerprint density at radius 1 is 1.20 bits per heavy atom. The lowest BCUT2D eigenvalue weighted by Crippen LogP contribution is -2.11. The van der Waals surface area contributed by atoms with Crippen LogP contribution in [0.1, 0.15) is 10.4 Å². The van der Waals surface area contributed by atoms with Gasteiger partial charge in [0.1, 0.15) is 5.69 Å². The Labute approximate surface area is 114 Å². The molecule has 3 aromatic rings. The number of hydrogen-bond donors (Lipinski definition) is 1. The largest absolute Gasteiger partial charge is 0.401 e. The van der Waals surface area contributed by atoms with Gasteiger partial charge in [-0.2, -0.15) is 5.10 Å². The molecule has 0 unspecified atom stereocenters. The van der Waals surface area contributed by atoms with Crippen molar-refractivity contribution in [3.8, 4) is 11.6 Å². The van der Waals surface area contributed by atoms with E-state index in [1.54, 1.807) is 48.3 Å². The van der Waals surface area contributed by atoms with Crippen LogP contribution < -0.4 is 5.32 Å². The fourth-order valence-electron chi connectivity index (χ4n) is 1.67. The highest BCUT2D eigenvalue weighted by Gasteiger charge is 2.13. The lowest BCUT2D eigenvalue weighted by molar-refractivity contribution is 0.102. The minimum Gasteiger partial charge on any atom is -0.401 e. The van der Waals surface area contributed by atoms with Crippen molar-refractivity contribution in [2.75, 3.05) is 5.32 Å². The first-order chi connectivity index (χ1) is 9.72. The van der Waals surface area contributed by atoms with Gasteiger partial charge in [-0.15, -0.1) is 5.10 Å².